The first-order valence-corrected chi connectivity index (χ1v) is 5.92. The fraction of sp³-hybridized carbons (Fsp3) is 0.364. The van der Waals surface area contributed by atoms with Crippen molar-refractivity contribution in [3.63, 3.8) is 0 Å². The van der Waals surface area contributed by atoms with Crippen LogP contribution in [0.3, 0.4) is 0 Å². The van der Waals surface area contributed by atoms with Crippen LogP contribution >= 0.6 is 11.3 Å². The van der Waals surface area contributed by atoms with Gasteiger partial charge in [-0.3, -0.25) is 0 Å². The van der Waals surface area contributed by atoms with E-state index in [0.29, 0.717) is 6.54 Å². The number of nitrogens with zero attached hydrogens (tertiary/aromatic N) is 2. The highest BCUT2D eigenvalue weighted by Gasteiger charge is 2.03. The molecule has 0 spiro atoms. The van der Waals surface area contributed by atoms with E-state index in [9.17, 15) is 0 Å². The predicted octanol–water partition coefficient (Wildman–Crippen LogP) is 1.95. The highest BCUT2D eigenvalue weighted by molar-refractivity contribution is 7.09. The molecule has 0 radical (unpaired) electrons. The van der Waals surface area contributed by atoms with Crippen molar-refractivity contribution in [1.29, 1.82) is 0 Å². The second kappa shape index (κ2) is 4.59. The summed E-state index contributed by atoms with van der Waals surface area (Å²) in [5.41, 5.74) is 9.90. The summed E-state index contributed by atoms with van der Waals surface area (Å²) >= 11 is 1.73. The van der Waals surface area contributed by atoms with Gasteiger partial charge in [0.1, 0.15) is 0 Å². The zero-order valence-electron chi connectivity index (χ0n) is 8.81. The van der Waals surface area contributed by atoms with Crippen LogP contribution in [0.2, 0.25) is 0 Å². The quantitative estimate of drug-likeness (QED) is 0.857. The number of hydrogen-bond donors (Lipinski definition) is 1. The molecule has 0 aliphatic rings. The summed E-state index contributed by atoms with van der Waals surface area (Å²) in [6, 6.07) is 4.11. The third kappa shape index (κ3) is 2.27. The van der Waals surface area contributed by atoms with Crippen LogP contribution in [0.15, 0.2) is 23.8 Å². The second-order valence-corrected chi connectivity index (χ2v) is 4.45. The molecule has 0 aliphatic carbocycles. The van der Waals surface area contributed by atoms with Crippen LogP contribution in [0.4, 0.5) is 0 Å². The molecule has 0 fully saturated rings. The fourth-order valence-electron chi connectivity index (χ4n) is 1.64. The van der Waals surface area contributed by atoms with Crippen LogP contribution in [-0.2, 0) is 19.5 Å². The maximum absolute atomic E-state index is 5.64. The van der Waals surface area contributed by atoms with E-state index in [4.69, 9.17) is 5.73 Å². The molecule has 0 aliphatic heterocycles. The van der Waals surface area contributed by atoms with Crippen LogP contribution in [0.5, 0.6) is 0 Å². The fourth-order valence-corrected chi connectivity index (χ4v) is 2.41. The Morgan fingerprint density at radius 3 is 3.07 bits per heavy atom. The monoisotopic (exact) mass is 221 g/mol. The van der Waals surface area contributed by atoms with E-state index in [-0.39, 0.29) is 0 Å². The summed E-state index contributed by atoms with van der Waals surface area (Å²) < 4.78 is 2.21. The van der Waals surface area contributed by atoms with Gasteiger partial charge in [0.25, 0.3) is 0 Å². The molecule has 3 nitrogen and oxygen atoms in total. The van der Waals surface area contributed by atoms with Gasteiger partial charge in [-0.25, -0.2) is 4.98 Å². The zero-order chi connectivity index (χ0) is 10.7. The molecule has 0 aromatic carbocycles. The summed E-state index contributed by atoms with van der Waals surface area (Å²) in [6.45, 7) is 3.66. The van der Waals surface area contributed by atoms with E-state index in [1.54, 1.807) is 11.3 Å². The minimum Gasteiger partial charge on any atom is -0.350 e. The van der Waals surface area contributed by atoms with Gasteiger partial charge in [-0.05, 0) is 19.1 Å². The third-order valence-corrected chi connectivity index (χ3v) is 3.55. The zero-order valence-corrected chi connectivity index (χ0v) is 9.63. The van der Waals surface area contributed by atoms with Crippen molar-refractivity contribution in [2.24, 2.45) is 5.73 Å². The SMILES string of the molecule is Cc1ncsc1CCn1cccc1CN. The van der Waals surface area contributed by atoms with Crippen molar-refractivity contribution >= 4 is 11.3 Å². The van der Waals surface area contributed by atoms with Gasteiger partial charge in [0.2, 0.25) is 0 Å². The Morgan fingerprint density at radius 1 is 1.53 bits per heavy atom. The molecule has 15 heavy (non-hydrogen) atoms. The van der Waals surface area contributed by atoms with E-state index >= 15 is 0 Å². The van der Waals surface area contributed by atoms with Gasteiger partial charge in [-0.15, -0.1) is 11.3 Å². The Hall–Kier alpha value is -1.13. The average Bonchev–Trinajstić information content (AvgIpc) is 2.83. The lowest BCUT2D eigenvalue weighted by atomic mass is 10.3. The molecular formula is C11H15N3S. The molecule has 0 saturated heterocycles. The van der Waals surface area contributed by atoms with Crippen LogP contribution < -0.4 is 5.73 Å². The Bertz CT molecular complexity index is 430. The molecule has 0 atom stereocenters. The first kappa shape index (κ1) is 10.4. The van der Waals surface area contributed by atoms with E-state index in [1.165, 1.54) is 10.6 Å². The molecule has 2 aromatic heterocycles. The molecule has 80 valence electrons. The molecule has 0 bridgehead atoms. The number of hydrogen-bond acceptors (Lipinski definition) is 3. The lowest BCUT2D eigenvalue weighted by Gasteiger charge is -2.06. The first-order valence-electron chi connectivity index (χ1n) is 5.04. The van der Waals surface area contributed by atoms with Crippen LogP contribution in [0.25, 0.3) is 0 Å². The topological polar surface area (TPSA) is 43.8 Å². The normalized spacial score (nSPS) is 10.8. The van der Waals surface area contributed by atoms with Gasteiger partial charge in [0.05, 0.1) is 11.2 Å². The smallest absolute Gasteiger partial charge is 0.0797 e. The van der Waals surface area contributed by atoms with Gasteiger partial charge in [0.15, 0.2) is 0 Å². The number of aromatic nitrogens is 2. The van der Waals surface area contributed by atoms with Gasteiger partial charge >= 0.3 is 0 Å². The summed E-state index contributed by atoms with van der Waals surface area (Å²) in [7, 11) is 0. The number of thiazole rings is 1. The minimum absolute atomic E-state index is 0.606. The van der Waals surface area contributed by atoms with E-state index in [2.05, 4.69) is 28.7 Å². The van der Waals surface area contributed by atoms with Gasteiger partial charge in [0, 0.05) is 36.3 Å². The molecular weight excluding hydrogens is 206 g/mol. The van der Waals surface area contributed by atoms with Crippen molar-refractivity contribution < 1.29 is 0 Å². The average molecular weight is 221 g/mol. The molecule has 2 N–H and O–H groups in total. The summed E-state index contributed by atoms with van der Waals surface area (Å²) in [5, 5.41) is 0. The Balaban J connectivity index is 2.02. The van der Waals surface area contributed by atoms with Crippen molar-refractivity contribution in [2.75, 3.05) is 0 Å². The molecule has 0 saturated carbocycles. The van der Waals surface area contributed by atoms with Crippen LogP contribution in [0, 0.1) is 6.92 Å². The van der Waals surface area contributed by atoms with E-state index < -0.39 is 0 Å². The van der Waals surface area contributed by atoms with Gasteiger partial charge in [-0.1, -0.05) is 0 Å². The maximum atomic E-state index is 5.64. The molecule has 2 heterocycles. The molecule has 0 amide bonds. The molecule has 2 rings (SSSR count). The van der Waals surface area contributed by atoms with E-state index in [0.717, 1.165) is 18.7 Å². The number of aryl methyl sites for hydroxylation is 3. The Kier molecular flexibility index (Phi) is 3.18. The molecule has 4 heteroatoms. The van der Waals surface area contributed by atoms with Crippen LogP contribution in [0.1, 0.15) is 16.3 Å². The summed E-state index contributed by atoms with van der Waals surface area (Å²) in [6.07, 6.45) is 3.12. The van der Waals surface area contributed by atoms with Gasteiger partial charge in [-0.2, -0.15) is 0 Å². The lowest BCUT2D eigenvalue weighted by Crippen LogP contribution is -2.08. The largest absolute Gasteiger partial charge is 0.350 e. The van der Waals surface area contributed by atoms with E-state index in [1.807, 2.05) is 11.6 Å². The first-order chi connectivity index (χ1) is 7.31. The predicted molar refractivity (Wildman–Crippen MR) is 62.9 cm³/mol. The van der Waals surface area contributed by atoms with Crippen LogP contribution in [-0.4, -0.2) is 9.55 Å². The minimum atomic E-state index is 0.606. The highest BCUT2D eigenvalue weighted by atomic mass is 32.1. The number of nitrogens with two attached hydrogens (primary N) is 1. The molecule has 0 unspecified atom stereocenters. The van der Waals surface area contributed by atoms with Crippen molar-refractivity contribution in [2.45, 2.75) is 26.4 Å². The Morgan fingerprint density at radius 2 is 2.40 bits per heavy atom. The Labute approximate surface area is 93.6 Å². The summed E-state index contributed by atoms with van der Waals surface area (Å²) in [5.74, 6) is 0. The standard InChI is InChI=1S/C11H15N3S/c1-9-11(15-8-13-9)4-6-14-5-2-3-10(14)7-12/h2-3,5,8H,4,6-7,12H2,1H3. The molecule has 2 aromatic rings. The maximum Gasteiger partial charge on any atom is 0.0797 e. The second-order valence-electron chi connectivity index (χ2n) is 3.51. The van der Waals surface area contributed by atoms with Crippen molar-refractivity contribution in [3.8, 4) is 0 Å². The highest BCUT2D eigenvalue weighted by Crippen LogP contribution is 2.14. The number of rotatable bonds is 4. The third-order valence-electron chi connectivity index (χ3n) is 2.56. The van der Waals surface area contributed by atoms with Crippen molar-refractivity contribution in [3.05, 3.63) is 40.1 Å². The van der Waals surface area contributed by atoms with Gasteiger partial charge < -0.3 is 10.3 Å². The van der Waals surface area contributed by atoms with Crippen molar-refractivity contribution in [1.82, 2.24) is 9.55 Å². The summed E-state index contributed by atoms with van der Waals surface area (Å²) in [4.78, 5) is 5.61. The lowest BCUT2D eigenvalue weighted by molar-refractivity contribution is 0.666.